The quantitative estimate of drug-likeness (QED) is 0.629. The second kappa shape index (κ2) is 8.38. The molecule has 0 aromatic rings. The first kappa shape index (κ1) is 18.0. The zero-order valence-corrected chi connectivity index (χ0v) is 14.8. The van der Waals surface area contributed by atoms with Crippen molar-refractivity contribution >= 4 is 0 Å². The van der Waals surface area contributed by atoms with Crippen molar-refractivity contribution in [1.82, 2.24) is 10.2 Å². The van der Waals surface area contributed by atoms with Gasteiger partial charge in [-0.05, 0) is 58.0 Å². The topological polar surface area (TPSA) is 15.3 Å². The molecule has 2 heteroatoms. The molecular weight excluding hydrogens is 244 g/mol. The Morgan fingerprint density at radius 1 is 1.15 bits per heavy atom. The molecule has 1 aliphatic rings. The molecule has 1 rings (SSSR count). The zero-order chi connectivity index (χ0) is 15.2. The van der Waals surface area contributed by atoms with E-state index >= 15 is 0 Å². The van der Waals surface area contributed by atoms with Gasteiger partial charge in [0.05, 0.1) is 0 Å². The Bertz CT molecular complexity index is 260. The van der Waals surface area contributed by atoms with Crippen LogP contribution in [0.15, 0.2) is 0 Å². The summed E-state index contributed by atoms with van der Waals surface area (Å²) in [7, 11) is 0. The minimum Gasteiger partial charge on any atom is -0.312 e. The Labute approximate surface area is 127 Å². The summed E-state index contributed by atoms with van der Waals surface area (Å²) in [5.74, 6) is 0. The average Bonchev–Trinajstić information content (AvgIpc) is 2.67. The highest BCUT2D eigenvalue weighted by molar-refractivity contribution is 5.01. The van der Waals surface area contributed by atoms with E-state index in [1.807, 2.05) is 0 Å². The summed E-state index contributed by atoms with van der Waals surface area (Å²) in [6, 6.07) is 2.05. The zero-order valence-electron chi connectivity index (χ0n) is 14.8. The van der Waals surface area contributed by atoms with Gasteiger partial charge in [-0.25, -0.2) is 0 Å². The van der Waals surface area contributed by atoms with Crippen LogP contribution in [-0.4, -0.2) is 36.1 Å². The molecule has 120 valence electrons. The lowest BCUT2D eigenvalue weighted by molar-refractivity contribution is 0.111. The SMILES string of the molecule is CCCCCN(C(C)C)C1CCC(C)(C)C1NCCC. The number of rotatable bonds is 9. The van der Waals surface area contributed by atoms with E-state index in [1.54, 1.807) is 0 Å². The van der Waals surface area contributed by atoms with E-state index in [0.29, 0.717) is 17.5 Å². The Morgan fingerprint density at radius 2 is 1.85 bits per heavy atom. The van der Waals surface area contributed by atoms with Crippen LogP contribution in [0, 0.1) is 5.41 Å². The van der Waals surface area contributed by atoms with E-state index < -0.39 is 0 Å². The second-order valence-corrected chi connectivity index (χ2v) is 7.57. The Morgan fingerprint density at radius 3 is 2.40 bits per heavy atom. The largest absolute Gasteiger partial charge is 0.312 e. The van der Waals surface area contributed by atoms with Gasteiger partial charge >= 0.3 is 0 Å². The Kier molecular flexibility index (Phi) is 7.53. The van der Waals surface area contributed by atoms with Gasteiger partial charge in [-0.1, -0.05) is 40.5 Å². The van der Waals surface area contributed by atoms with Crippen LogP contribution in [0.4, 0.5) is 0 Å². The fourth-order valence-electron chi connectivity index (χ4n) is 3.78. The number of hydrogen-bond acceptors (Lipinski definition) is 2. The highest BCUT2D eigenvalue weighted by Gasteiger charge is 2.44. The van der Waals surface area contributed by atoms with Crippen molar-refractivity contribution in [2.24, 2.45) is 5.41 Å². The summed E-state index contributed by atoms with van der Waals surface area (Å²) in [5.41, 5.74) is 0.442. The first-order valence-corrected chi connectivity index (χ1v) is 8.93. The molecule has 20 heavy (non-hydrogen) atoms. The van der Waals surface area contributed by atoms with Gasteiger partial charge in [0.2, 0.25) is 0 Å². The second-order valence-electron chi connectivity index (χ2n) is 7.57. The minimum absolute atomic E-state index is 0.442. The normalized spacial score (nSPS) is 25.8. The number of unbranched alkanes of at least 4 members (excludes halogenated alkanes) is 2. The maximum Gasteiger partial charge on any atom is 0.0274 e. The summed E-state index contributed by atoms with van der Waals surface area (Å²) in [4.78, 5) is 2.78. The van der Waals surface area contributed by atoms with Crippen LogP contribution in [-0.2, 0) is 0 Å². The average molecular weight is 283 g/mol. The van der Waals surface area contributed by atoms with E-state index in [4.69, 9.17) is 0 Å². The molecule has 2 nitrogen and oxygen atoms in total. The highest BCUT2D eigenvalue weighted by Crippen LogP contribution is 2.40. The number of hydrogen-bond donors (Lipinski definition) is 1. The molecule has 0 aromatic heterocycles. The summed E-state index contributed by atoms with van der Waals surface area (Å²) in [6.07, 6.45) is 7.99. The fourth-order valence-corrected chi connectivity index (χ4v) is 3.78. The lowest BCUT2D eigenvalue weighted by Crippen LogP contribution is -2.54. The molecule has 2 unspecified atom stereocenters. The third-order valence-corrected chi connectivity index (χ3v) is 5.03. The first-order chi connectivity index (χ1) is 9.44. The molecule has 1 fully saturated rings. The predicted molar refractivity (Wildman–Crippen MR) is 90.3 cm³/mol. The number of nitrogens with one attached hydrogen (secondary N) is 1. The van der Waals surface area contributed by atoms with Crippen molar-refractivity contribution in [3.05, 3.63) is 0 Å². The van der Waals surface area contributed by atoms with Gasteiger partial charge < -0.3 is 5.32 Å². The lowest BCUT2D eigenvalue weighted by atomic mass is 9.86. The van der Waals surface area contributed by atoms with Gasteiger partial charge in [-0.2, -0.15) is 0 Å². The third kappa shape index (κ3) is 4.73. The minimum atomic E-state index is 0.442. The van der Waals surface area contributed by atoms with Gasteiger partial charge in [0, 0.05) is 18.1 Å². The summed E-state index contributed by atoms with van der Waals surface area (Å²) >= 11 is 0. The molecule has 0 radical (unpaired) electrons. The van der Waals surface area contributed by atoms with E-state index in [9.17, 15) is 0 Å². The van der Waals surface area contributed by atoms with Gasteiger partial charge in [0.25, 0.3) is 0 Å². The summed E-state index contributed by atoms with van der Waals surface area (Å²) < 4.78 is 0. The van der Waals surface area contributed by atoms with E-state index in [2.05, 4.69) is 51.8 Å². The van der Waals surface area contributed by atoms with Crippen molar-refractivity contribution < 1.29 is 0 Å². The molecule has 0 spiro atoms. The monoisotopic (exact) mass is 282 g/mol. The van der Waals surface area contributed by atoms with Crippen molar-refractivity contribution in [3.8, 4) is 0 Å². The molecule has 0 heterocycles. The molecule has 0 amide bonds. The van der Waals surface area contributed by atoms with Gasteiger partial charge in [0.15, 0.2) is 0 Å². The van der Waals surface area contributed by atoms with Gasteiger partial charge in [-0.15, -0.1) is 0 Å². The third-order valence-electron chi connectivity index (χ3n) is 5.03. The highest BCUT2D eigenvalue weighted by atomic mass is 15.2. The van der Waals surface area contributed by atoms with Crippen molar-refractivity contribution in [2.45, 2.75) is 98.2 Å². The van der Waals surface area contributed by atoms with Crippen LogP contribution in [0.3, 0.4) is 0 Å². The van der Waals surface area contributed by atoms with Gasteiger partial charge in [0.1, 0.15) is 0 Å². The molecule has 1 aliphatic carbocycles. The van der Waals surface area contributed by atoms with E-state index in [1.165, 1.54) is 45.1 Å². The van der Waals surface area contributed by atoms with Crippen LogP contribution in [0.5, 0.6) is 0 Å². The smallest absolute Gasteiger partial charge is 0.0274 e. The summed E-state index contributed by atoms with van der Waals surface area (Å²) in [5, 5.41) is 3.86. The van der Waals surface area contributed by atoms with Crippen molar-refractivity contribution in [2.75, 3.05) is 13.1 Å². The maximum atomic E-state index is 3.86. The van der Waals surface area contributed by atoms with Crippen LogP contribution < -0.4 is 5.32 Å². The van der Waals surface area contributed by atoms with Crippen LogP contribution in [0.1, 0.15) is 80.1 Å². The van der Waals surface area contributed by atoms with E-state index in [0.717, 1.165) is 12.6 Å². The fraction of sp³-hybridized carbons (Fsp3) is 1.00. The maximum absolute atomic E-state index is 3.86. The molecule has 1 N–H and O–H groups in total. The molecule has 1 saturated carbocycles. The number of nitrogens with zero attached hydrogens (tertiary/aromatic N) is 1. The molecule has 0 saturated heterocycles. The molecule has 0 aromatic carbocycles. The lowest BCUT2D eigenvalue weighted by Gasteiger charge is -2.40. The van der Waals surface area contributed by atoms with Crippen LogP contribution in [0.25, 0.3) is 0 Å². The van der Waals surface area contributed by atoms with Crippen molar-refractivity contribution in [3.63, 3.8) is 0 Å². The molecule has 0 aliphatic heterocycles. The van der Waals surface area contributed by atoms with Crippen molar-refractivity contribution in [1.29, 1.82) is 0 Å². The Hall–Kier alpha value is -0.0800. The first-order valence-electron chi connectivity index (χ1n) is 8.93. The van der Waals surface area contributed by atoms with Crippen LogP contribution in [0.2, 0.25) is 0 Å². The summed E-state index contributed by atoms with van der Waals surface area (Å²) in [6.45, 7) is 16.6. The standard InChI is InChI=1S/C18H38N2/c1-7-9-10-14-20(15(3)4)16-11-12-18(5,6)17(16)19-13-8-2/h15-17,19H,7-14H2,1-6H3. The van der Waals surface area contributed by atoms with Crippen LogP contribution >= 0.6 is 0 Å². The van der Waals surface area contributed by atoms with E-state index in [-0.39, 0.29) is 0 Å². The van der Waals surface area contributed by atoms with Gasteiger partial charge in [-0.3, -0.25) is 4.90 Å². The molecule has 2 atom stereocenters. The molecule has 0 bridgehead atoms. The predicted octanol–water partition coefficient (Wildman–Crippen LogP) is 4.44. The Balaban J connectivity index is 2.71. The molecular formula is C18H38N2.